The second-order valence-electron chi connectivity index (χ2n) is 10.4. The molecule has 1 aromatic heterocycles. The number of fused-ring (bicyclic) bond motifs is 1. The zero-order valence-corrected chi connectivity index (χ0v) is 22.3. The number of aliphatic hydroxyl groups is 5. The van der Waals surface area contributed by atoms with Crippen LogP contribution in [0, 0.1) is 18.3 Å². The lowest BCUT2D eigenvalue weighted by Crippen LogP contribution is -2.89. The molecule has 214 valence electrons. The van der Waals surface area contributed by atoms with Crippen LogP contribution in [0.2, 0.25) is 0 Å². The highest BCUT2D eigenvalue weighted by molar-refractivity contribution is 6.15. The lowest BCUT2D eigenvalue weighted by molar-refractivity contribution is -0.391. The lowest BCUT2D eigenvalue weighted by Gasteiger charge is -2.67. The number of benzene rings is 2. The van der Waals surface area contributed by atoms with E-state index in [4.69, 9.17) is 13.1 Å². The van der Waals surface area contributed by atoms with E-state index in [-0.39, 0.29) is 52.1 Å². The van der Waals surface area contributed by atoms with Crippen molar-refractivity contribution < 1.29 is 40.9 Å². The third-order valence-electron chi connectivity index (χ3n) is 7.42. The van der Waals surface area contributed by atoms with Crippen molar-refractivity contribution >= 4 is 24.4 Å². The normalized spacial score (nSPS) is 21.0. The summed E-state index contributed by atoms with van der Waals surface area (Å²) in [4.78, 5) is 20.4. The van der Waals surface area contributed by atoms with Crippen LogP contribution in [0.15, 0.2) is 41.3 Å². The van der Waals surface area contributed by atoms with E-state index in [0.29, 0.717) is 4.90 Å². The molecule has 1 aliphatic heterocycles. The minimum atomic E-state index is -3.55. The number of nitrogens with one attached hydrogen (secondary N) is 1. The first kappa shape index (κ1) is 29.7. The number of aromatic hydroxyl groups is 3. The second kappa shape index (κ2) is 9.37. The Morgan fingerprint density at radius 2 is 1.63 bits per heavy atom. The zero-order chi connectivity index (χ0) is 30.9. The average Bonchev–Trinajstić information content (AvgIpc) is 2.88. The highest BCUT2D eigenvalue weighted by Gasteiger charge is 2.71. The number of aryl methyl sites for hydroxylation is 2. The van der Waals surface area contributed by atoms with Gasteiger partial charge in [-0.3, -0.25) is 9.69 Å². The first-order chi connectivity index (χ1) is 18.8. The van der Waals surface area contributed by atoms with Gasteiger partial charge in [0.1, 0.15) is 16.7 Å². The van der Waals surface area contributed by atoms with Crippen molar-refractivity contribution in [1.82, 2.24) is 14.9 Å². The summed E-state index contributed by atoms with van der Waals surface area (Å²) in [6.07, 6.45) is -0.308. The van der Waals surface area contributed by atoms with Crippen LogP contribution in [0.3, 0.4) is 0 Å². The van der Waals surface area contributed by atoms with Gasteiger partial charge in [-0.2, -0.15) is 5.26 Å². The van der Waals surface area contributed by atoms with Gasteiger partial charge >= 0.3 is 0 Å². The van der Waals surface area contributed by atoms with Gasteiger partial charge in [-0.05, 0) is 51.5 Å². The maximum absolute atomic E-state index is 12.7. The Hall–Kier alpha value is -4.33. The number of hydrogen-bond acceptors (Lipinski definition) is 13. The molecule has 1 fully saturated rings. The van der Waals surface area contributed by atoms with E-state index >= 15 is 0 Å². The van der Waals surface area contributed by atoms with Crippen molar-refractivity contribution in [2.45, 2.75) is 56.6 Å². The summed E-state index contributed by atoms with van der Waals surface area (Å²) in [5, 5.41) is 94.8. The van der Waals surface area contributed by atoms with Gasteiger partial charge in [-0.15, -0.1) is 0 Å². The molecule has 0 aliphatic carbocycles. The highest BCUT2D eigenvalue weighted by Crippen LogP contribution is 2.50. The molecule has 2 aromatic carbocycles. The van der Waals surface area contributed by atoms with Gasteiger partial charge in [0, 0.05) is 23.4 Å². The molecule has 0 amide bonds. The number of nitriles is 1. The zero-order valence-electron chi connectivity index (χ0n) is 22.3. The molecule has 1 atom stereocenters. The van der Waals surface area contributed by atoms with Crippen molar-refractivity contribution in [2.75, 3.05) is 4.90 Å². The summed E-state index contributed by atoms with van der Waals surface area (Å²) in [7, 11) is 6.07. The van der Waals surface area contributed by atoms with Crippen molar-refractivity contribution in [3.05, 3.63) is 63.8 Å². The van der Waals surface area contributed by atoms with E-state index in [1.807, 2.05) is 6.07 Å². The van der Waals surface area contributed by atoms with E-state index in [0.717, 1.165) is 4.90 Å². The predicted octanol–water partition coefficient (Wildman–Crippen LogP) is -0.641. The van der Waals surface area contributed by atoms with Crippen LogP contribution < -0.4 is 10.5 Å². The molecule has 4 rings (SSSR count). The number of rotatable bonds is 5. The van der Waals surface area contributed by atoms with E-state index < -0.39 is 45.8 Å². The molecule has 1 aliphatic rings. The Kier molecular flexibility index (Phi) is 6.77. The third-order valence-corrected chi connectivity index (χ3v) is 7.42. The summed E-state index contributed by atoms with van der Waals surface area (Å²) in [5.74, 6) is -9.05. The summed E-state index contributed by atoms with van der Waals surface area (Å²) in [5.41, 5.74) is -6.14. The fourth-order valence-electron chi connectivity index (χ4n) is 5.09. The van der Waals surface area contributed by atoms with Gasteiger partial charge < -0.3 is 50.7 Å². The number of aromatic amines is 1. The smallest absolute Gasteiger partial charge is 0.290 e. The van der Waals surface area contributed by atoms with Crippen LogP contribution >= 0.6 is 0 Å². The van der Waals surface area contributed by atoms with Crippen LogP contribution in [0.25, 0.3) is 10.9 Å². The highest BCUT2D eigenvalue weighted by atomic mass is 16.6. The summed E-state index contributed by atoms with van der Waals surface area (Å²) in [6.45, 7) is 7.71. The largest absolute Gasteiger partial charge is 0.504 e. The van der Waals surface area contributed by atoms with Gasteiger partial charge in [0.2, 0.25) is 5.75 Å². The van der Waals surface area contributed by atoms with Gasteiger partial charge in [0.15, 0.2) is 25.0 Å². The lowest BCUT2D eigenvalue weighted by atomic mass is 9.74. The van der Waals surface area contributed by atoms with Gasteiger partial charge in [-0.1, -0.05) is 6.58 Å². The Bertz CT molecular complexity index is 1630. The Morgan fingerprint density at radius 3 is 2.20 bits per heavy atom. The van der Waals surface area contributed by atoms with Crippen molar-refractivity contribution in [3.63, 3.8) is 0 Å². The summed E-state index contributed by atoms with van der Waals surface area (Å²) < 4.78 is 0. The molecule has 1 unspecified atom stereocenters. The van der Waals surface area contributed by atoms with Crippen LogP contribution in [0.1, 0.15) is 37.2 Å². The number of hydrogen-bond donors (Lipinski definition) is 9. The monoisotopic (exact) mass is 565 g/mol. The molecule has 9 N–H and O–H groups in total. The molecule has 15 heteroatoms. The third kappa shape index (κ3) is 4.15. The fourth-order valence-corrected chi connectivity index (χ4v) is 5.09. The number of anilines is 1. The minimum absolute atomic E-state index is 0.0179. The van der Waals surface area contributed by atoms with Crippen molar-refractivity contribution in [2.24, 2.45) is 0 Å². The molecule has 1 saturated heterocycles. The molecule has 3 aromatic rings. The van der Waals surface area contributed by atoms with Gasteiger partial charge in [-0.25, -0.2) is 4.98 Å². The number of aromatic nitrogens is 2. The van der Waals surface area contributed by atoms with E-state index in [2.05, 4.69) is 16.5 Å². The average molecular weight is 565 g/mol. The van der Waals surface area contributed by atoms with Crippen molar-refractivity contribution in [1.29, 1.82) is 5.26 Å². The maximum Gasteiger partial charge on any atom is 0.290 e. The molecule has 2 radical (unpaired) electrons. The van der Waals surface area contributed by atoms with Gasteiger partial charge in [0.25, 0.3) is 17.4 Å². The standard InChI is InChI=1S/C26H28BN5O9/c1-12(5-10-16-29-18-13(2)19(33)21(35)20(34)17(18)22(36)30-16)31-23(3,4)25(38,39)32(26(40,41)24(31,27)37)15-8-6-14(11-28)7-9-15/h6-9,33-35,37-41H,1,5,10H2,2-4H3,(H,29,30,36). The molecular weight excluding hydrogens is 537 g/mol. The molecule has 0 spiro atoms. The summed E-state index contributed by atoms with van der Waals surface area (Å²) >= 11 is 0. The molecule has 0 bridgehead atoms. The number of allylic oxidation sites excluding steroid dienone is 1. The molecular formula is C26H28BN5O9. The summed E-state index contributed by atoms with van der Waals surface area (Å²) in [6, 6.07) is 6.86. The predicted molar refractivity (Wildman–Crippen MR) is 144 cm³/mol. The molecule has 0 saturated carbocycles. The number of piperazine rings is 1. The topological polar surface area (TPSA) is 238 Å². The van der Waals surface area contributed by atoms with Crippen molar-refractivity contribution in [3.8, 4) is 23.3 Å². The second-order valence-corrected chi connectivity index (χ2v) is 10.4. The minimum Gasteiger partial charge on any atom is -0.504 e. The van der Waals surface area contributed by atoms with Crippen LogP contribution in [0.4, 0.5) is 5.69 Å². The Labute approximate surface area is 234 Å². The Balaban J connectivity index is 1.71. The van der Waals surface area contributed by atoms with E-state index in [9.17, 15) is 45.6 Å². The van der Waals surface area contributed by atoms with Crippen LogP contribution in [-0.2, 0) is 6.42 Å². The molecule has 41 heavy (non-hydrogen) atoms. The Morgan fingerprint density at radius 1 is 1.05 bits per heavy atom. The number of phenolic OH excluding ortho intramolecular Hbond substituents is 3. The first-order valence-corrected chi connectivity index (χ1v) is 12.2. The van der Waals surface area contributed by atoms with E-state index in [1.165, 1.54) is 45.0 Å². The molecule has 2 heterocycles. The fraction of sp³-hybridized carbons (Fsp3) is 0.346. The van der Waals surface area contributed by atoms with E-state index in [1.54, 1.807) is 0 Å². The number of phenols is 3. The maximum atomic E-state index is 12.7. The first-order valence-electron chi connectivity index (χ1n) is 12.2. The number of H-pyrrole nitrogens is 1. The number of nitrogens with zero attached hydrogens (tertiary/aromatic N) is 4. The SMILES string of the molecule is [B]C1(O)N(C(=C)CCc2nc3c(C)c(O)c(O)c(O)c3c(=O)[nH]2)C(C)(C)C(O)(O)N(c2ccc(C#N)cc2)C1(O)O. The van der Waals surface area contributed by atoms with Crippen LogP contribution in [0.5, 0.6) is 17.2 Å². The van der Waals surface area contributed by atoms with Gasteiger partial charge in [0.05, 0.1) is 17.1 Å². The molecule has 14 nitrogen and oxygen atoms in total. The van der Waals surface area contributed by atoms with Crippen LogP contribution in [-0.4, -0.2) is 86.6 Å². The quantitative estimate of drug-likeness (QED) is 0.106.